The third-order valence-corrected chi connectivity index (χ3v) is 2.28. The van der Waals surface area contributed by atoms with Gasteiger partial charge in [0.25, 0.3) is 5.91 Å². The van der Waals surface area contributed by atoms with Crippen molar-refractivity contribution >= 4 is 17.7 Å². The number of aromatic carboxylic acids is 1. The Morgan fingerprint density at radius 2 is 1.79 bits per heavy atom. The molecule has 0 aliphatic heterocycles. The minimum atomic E-state index is -1.30. The van der Waals surface area contributed by atoms with Crippen LogP contribution in [0.1, 0.15) is 20.8 Å². The lowest BCUT2D eigenvalue weighted by Crippen LogP contribution is -2.17. The van der Waals surface area contributed by atoms with Gasteiger partial charge in [-0.25, -0.2) is 14.8 Å². The molecule has 2 aromatic rings. The topological polar surface area (TPSA) is 112 Å². The summed E-state index contributed by atoms with van der Waals surface area (Å²) in [5.41, 5.74) is -0.351. The van der Waals surface area contributed by atoms with Crippen molar-refractivity contribution in [2.24, 2.45) is 0 Å². The zero-order valence-corrected chi connectivity index (χ0v) is 9.57. The van der Waals surface area contributed by atoms with E-state index < -0.39 is 11.9 Å². The molecule has 0 fully saturated rings. The standard InChI is InChI=1S/C12H9N3O4/c16-8-4-2-1-3-7(8)11(17)15-10-9(12(18)19)13-5-6-14-10/h1-6,16H,(H,18,19)(H,14,15,17). The fourth-order valence-electron chi connectivity index (χ4n) is 1.43. The predicted molar refractivity (Wildman–Crippen MR) is 65.1 cm³/mol. The first-order valence-corrected chi connectivity index (χ1v) is 5.23. The molecule has 0 aliphatic carbocycles. The minimum Gasteiger partial charge on any atom is -0.507 e. The number of carboxylic acid groups (broad SMARTS) is 1. The molecule has 1 aromatic heterocycles. The number of carbonyl (C=O) groups excluding carboxylic acids is 1. The molecule has 0 aliphatic rings. The molecule has 7 heteroatoms. The zero-order valence-electron chi connectivity index (χ0n) is 9.57. The molecule has 1 heterocycles. The van der Waals surface area contributed by atoms with Crippen LogP contribution in [0.25, 0.3) is 0 Å². The lowest BCUT2D eigenvalue weighted by Gasteiger charge is -2.07. The Labute approximate surface area is 107 Å². The van der Waals surface area contributed by atoms with Gasteiger partial charge in [-0.3, -0.25) is 4.79 Å². The van der Waals surface area contributed by atoms with Gasteiger partial charge in [0.2, 0.25) is 0 Å². The van der Waals surface area contributed by atoms with Gasteiger partial charge in [0.1, 0.15) is 5.75 Å². The van der Waals surface area contributed by atoms with E-state index in [1.165, 1.54) is 24.5 Å². The van der Waals surface area contributed by atoms with Crippen LogP contribution < -0.4 is 5.32 Å². The fraction of sp³-hybridized carbons (Fsp3) is 0. The van der Waals surface area contributed by atoms with Crippen LogP contribution in [0.15, 0.2) is 36.7 Å². The summed E-state index contributed by atoms with van der Waals surface area (Å²) in [7, 11) is 0. The van der Waals surface area contributed by atoms with Gasteiger partial charge in [0.15, 0.2) is 11.5 Å². The van der Waals surface area contributed by atoms with E-state index in [0.29, 0.717) is 0 Å². The van der Waals surface area contributed by atoms with Gasteiger partial charge in [0.05, 0.1) is 5.56 Å². The molecular formula is C12H9N3O4. The quantitative estimate of drug-likeness (QED) is 0.761. The van der Waals surface area contributed by atoms with Crippen LogP contribution in [-0.4, -0.2) is 32.1 Å². The van der Waals surface area contributed by atoms with Crippen molar-refractivity contribution in [2.75, 3.05) is 5.32 Å². The van der Waals surface area contributed by atoms with Crippen LogP contribution in [0.4, 0.5) is 5.82 Å². The molecule has 0 saturated heterocycles. The Morgan fingerprint density at radius 1 is 1.11 bits per heavy atom. The highest BCUT2D eigenvalue weighted by atomic mass is 16.4. The summed E-state index contributed by atoms with van der Waals surface area (Å²) >= 11 is 0. The highest BCUT2D eigenvalue weighted by Gasteiger charge is 2.17. The molecule has 0 saturated carbocycles. The number of anilines is 1. The van der Waals surface area contributed by atoms with Crippen LogP contribution >= 0.6 is 0 Å². The third kappa shape index (κ3) is 2.65. The normalized spacial score (nSPS) is 9.89. The van der Waals surface area contributed by atoms with Gasteiger partial charge in [-0.1, -0.05) is 12.1 Å². The molecule has 0 spiro atoms. The zero-order chi connectivity index (χ0) is 13.8. The number of para-hydroxylation sites is 1. The molecule has 2 rings (SSSR count). The van der Waals surface area contributed by atoms with Crippen LogP contribution in [-0.2, 0) is 0 Å². The van der Waals surface area contributed by atoms with Gasteiger partial charge in [-0.15, -0.1) is 0 Å². The van der Waals surface area contributed by atoms with Crippen LogP contribution in [0, 0.1) is 0 Å². The van der Waals surface area contributed by atoms with E-state index in [2.05, 4.69) is 15.3 Å². The van der Waals surface area contributed by atoms with Crippen molar-refractivity contribution in [1.82, 2.24) is 9.97 Å². The van der Waals surface area contributed by atoms with Gasteiger partial charge in [-0.05, 0) is 12.1 Å². The Bertz CT molecular complexity index is 642. The molecule has 96 valence electrons. The van der Waals surface area contributed by atoms with Crippen molar-refractivity contribution in [1.29, 1.82) is 0 Å². The van der Waals surface area contributed by atoms with E-state index in [4.69, 9.17) is 5.11 Å². The number of phenols is 1. The summed E-state index contributed by atoms with van der Waals surface area (Å²) < 4.78 is 0. The number of hydrogen-bond acceptors (Lipinski definition) is 5. The van der Waals surface area contributed by atoms with Crippen LogP contribution in [0.2, 0.25) is 0 Å². The van der Waals surface area contributed by atoms with E-state index in [0.717, 1.165) is 0 Å². The van der Waals surface area contributed by atoms with E-state index in [9.17, 15) is 14.7 Å². The third-order valence-electron chi connectivity index (χ3n) is 2.28. The molecule has 7 nitrogen and oxygen atoms in total. The number of amides is 1. The van der Waals surface area contributed by atoms with E-state index >= 15 is 0 Å². The lowest BCUT2D eigenvalue weighted by molar-refractivity contribution is 0.0691. The maximum absolute atomic E-state index is 11.9. The van der Waals surface area contributed by atoms with Crippen LogP contribution in [0.3, 0.4) is 0 Å². The van der Waals surface area contributed by atoms with Gasteiger partial charge in [0, 0.05) is 12.4 Å². The minimum absolute atomic E-state index is 0.0180. The summed E-state index contributed by atoms with van der Waals surface area (Å²) in [6.07, 6.45) is 2.46. The Balaban J connectivity index is 2.30. The molecule has 1 amide bonds. The van der Waals surface area contributed by atoms with Crippen molar-refractivity contribution in [3.05, 3.63) is 47.9 Å². The van der Waals surface area contributed by atoms with Gasteiger partial charge in [-0.2, -0.15) is 0 Å². The number of rotatable bonds is 3. The fourth-order valence-corrected chi connectivity index (χ4v) is 1.43. The lowest BCUT2D eigenvalue weighted by atomic mass is 10.2. The second-order valence-electron chi connectivity index (χ2n) is 3.53. The first-order valence-electron chi connectivity index (χ1n) is 5.23. The molecule has 3 N–H and O–H groups in total. The largest absolute Gasteiger partial charge is 0.507 e. The summed E-state index contributed by atoms with van der Waals surface area (Å²) in [6.45, 7) is 0. The van der Waals surface area contributed by atoms with Gasteiger partial charge < -0.3 is 15.5 Å². The Hall–Kier alpha value is -2.96. The van der Waals surface area contributed by atoms with Crippen molar-refractivity contribution in [3.8, 4) is 5.75 Å². The number of carbonyl (C=O) groups is 2. The van der Waals surface area contributed by atoms with E-state index in [-0.39, 0.29) is 22.8 Å². The maximum Gasteiger partial charge on any atom is 0.358 e. The molecule has 0 unspecified atom stereocenters. The average molecular weight is 259 g/mol. The van der Waals surface area contributed by atoms with E-state index in [1.807, 2.05) is 0 Å². The van der Waals surface area contributed by atoms with E-state index in [1.54, 1.807) is 12.1 Å². The number of nitrogens with one attached hydrogen (secondary N) is 1. The number of carboxylic acids is 1. The predicted octanol–water partition coefficient (Wildman–Crippen LogP) is 1.13. The second kappa shape index (κ2) is 5.13. The number of hydrogen-bond donors (Lipinski definition) is 3. The monoisotopic (exact) mass is 259 g/mol. The number of phenolic OH excluding ortho intramolecular Hbond substituents is 1. The molecular weight excluding hydrogens is 250 g/mol. The molecule has 0 bridgehead atoms. The summed E-state index contributed by atoms with van der Waals surface area (Å²) in [5, 5.41) is 20.7. The molecule has 0 atom stereocenters. The first-order chi connectivity index (χ1) is 9.09. The van der Waals surface area contributed by atoms with Crippen molar-refractivity contribution in [2.45, 2.75) is 0 Å². The molecule has 0 radical (unpaired) electrons. The average Bonchev–Trinajstić information content (AvgIpc) is 2.39. The number of benzene rings is 1. The smallest absolute Gasteiger partial charge is 0.358 e. The molecule has 19 heavy (non-hydrogen) atoms. The van der Waals surface area contributed by atoms with Gasteiger partial charge >= 0.3 is 5.97 Å². The number of nitrogens with zero attached hydrogens (tertiary/aromatic N) is 2. The first kappa shape index (κ1) is 12.5. The molecule has 1 aromatic carbocycles. The number of aromatic hydroxyl groups is 1. The van der Waals surface area contributed by atoms with Crippen molar-refractivity contribution in [3.63, 3.8) is 0 Å². The maximum atomic E-state index is 11.9. The summed E-state index contributed by atoms with van der Waals surface area (Å²) in [6, 6.07) is 5.89. The van der Waals surface area contributed by atoms with Crippen LogP contribution in [0.5, 0.6) is 5.75 Å². The van der Waals surface area contributed by atoms with Crippen molar-refractivity contribution < 1.29 is 19.8 Å². The highest BCUT2D eigenvalue weighted by Crippen LogP contribution is 2.17. The highest BCUT2D eigenvalue weighted by molar-refractivity contribution is 6.07. The summed E-state index contributed by atoms with van der Waals surface area (Å²) in [5.74, 6) is -2.36. The SMILES string of the molecule is O=C(Nc1nccnc1C(=O)O)c1ccccc1O. The summed E-state index contributed by atoms with van der Waals surface area (Å²) in [4.78, 5) is 30.1. The Kier molecular flexibility index (Phi) is 3.37. The Morgan fingerprint density at radius 3 is 2.47 bits per heavy atom. The second-order valence-corrected chi connectivity index (χ2v) is 3.53. The number of aromatic nitrogens is 2.